The van der Waals surface area contributed by atoms with E-state index in [0.717, 1.165) is 5.56 Å². The first kappa shape index (κ1) is 21.2. The maximum absolute atomic E-state index is 13.7. The SMILES string of the molecule is CC(C)CC1NC2(C(=O)Nc3ccc(Cl)cc32)C2C(=O)N(CCc3ccccc3)C(=O)C12. The van der Waals surface area contributed by atoms with Gasteiger partial charge in [0.15, 0.2) is 0 Å². The van der Waals surface area contributed by atoms with Gasteiger partial charge in [-0.2, -0.15) is 0 Å². The van der Waals surface area contributed by atoms with Crippen LogP contribution in [0.15, 0.2) is 48.5 Å². The van der Waals surface area contributed by atoms with Gasteiger partial charge in [-0.05, 0) is 42.5 Å². The number of anilines is 1. The van der Waals surface area contributed by atoms with Crippen LogP contribution >= 0.6 is 11.6 Å². The fraction of sp³-hybridized carbons (Fsp3) is 0.400. The van der Waals surface area contributed by atoms with E-state index in [1.165, 1.54) is 4.90 Å². The van der Waals surface area contributed by atoms with E-state index < -0.39 is 17.4 Å². The van der Waals surface area contributed by atoms with Crippen LogP contribution in [0.1, 0.15) is 31.4 Å². The van der Waals surface area contributed by atoms with Gasteiger partial charge in [0.1, 0.15) is 5.54 Å². The second-order valence-electron chi connectivity index (χ2n) is 9.40. The number of imide groups is 1. The summed E-state index contributed by atoms with van der Waals surface area (Å²) in [7, 11) is 0. The number of hydrogen-bond donors (Lipinski definition) is 2. The van der Waals surface area contributed by atoms with Gasteiger partial charge < -0.3 is 5.32 Å². The molecule has 0 aliphatic carbocycles. The number of amides is 3. The van der Waals surface area contributed by atoms with Gasteiger partial charge in [-0.3, -0.25) is 24.6 Å². The topological polar surface area (TPSA) is 78.5 Å². The van der Waals surface area contributed by atoms with Gasteiger partial charge in [0.25, 0.3) is 0 Å². The van der Waals surface area contributed by atoms with Crippen LogP contribution in [0, 0.1) is 17.8 Å². The Balaban J connectivity index is 1.54. The van der Waals surface area contributed by atoms with Crippen molar-refractivity contribution in [1.29, 1.82) is 0 Å². The van der Waals surface area contributed by atoms with E-state index in [2.05, 4.69) is 24.5 Å². The third kappa shape index (κ3) is 3.08. The third-order valence-electron chi connectivity index (χ3n) is 6.96. The van der Waals surface area contributed by atoms with Gasteiger partial charge in [0.2, 0.25) is 17.7 Å². The molecule has 2 saturated heterocycles. The molecular weight excluding hydrogens is 426 g/mol. The fourth-order valence-corrected chi connectivity index (χ4v) is 5.82. The predicted molar refractivity (Wildman–Crippen MR) is 122 cm³/mol. The van der Waals surface area contributed by atoms with Gasteiger partial charge in [0, 0.05) is 28.9 Å². The Bertz CT molecular complexity index is 1100. The van der Waals surface area contributed by atoms with E-state index in [1.807, 2.05) is 30.3 Å². The minimum Gasteiger partial charge on any atom is -0.324 e. The summed E-state index contributed by atoms with van der Waals surface area (Å²) in [5, 5.41) is 6.85. The maximum Gasteiger partial charge on any atom is 0.250 e. The number of hydrogen-bond acceptors (Lipinski definition) is 4. The summed E-state index contributed by atoms with van der Waals surface area (Å²) < 4.78 is 0. The second-order valence-corrected chi connectivity index (χ2v) is 9.84. The fourth-order valence-electron chi connectivity index (χ4n) is 5.65. The lowest BCUT2D eigenvalue weighted by atomic mass is 9.76. The summed E-state index contributed by atoms with van der Waals surface area (Å²) in [5.41, 5.74) is 1.08. The van der Waals surface area contributed by atoms with E-state index in [0.29, 0.717) is 41.6 Å². The highest BCUT2D eigenvalue weighted by Crippen LogP contribution is 2.54. The highest BCUT2D eigenvalue weighted by Gasteiger charge is 2.70. The first-order valence-electron chi connectivity index (χ1n) is 11.1. The number of halogens is 1. The van der Waals surface area contributed by atoms with Crippen molar-refractivity contribution in [2.24, 2.45) is 17.8 Å². The zero-order valence-electron chi connectivity index (χ0n) is 18.1. The van der Waals surface area contributed by atoms with Crippen molar-refractivity contribution in [1.82, 2.24) is 10.2 Å². The first-order chi connectivity index (χ1) is 15.3. The van der Waals surface area contributed by atoms with Crippen LogP contribution in [0.4, 0.5) is 5.69 Å². The molecule has 0 saturated carbocycles. The molecule has 6 nitrogen and oxygen atoms in total. The lowest BCUT2D eigenvalue weighted by Crippen LogP contribution is -2.53. The minimum absolute atomic E-state index is 0.186. The molecule has 2 N–H and O–H groups in total. The van der Waals surface area contributed by atoms with Crippen molar-refractivity contribution in [3.8, 4) is 0 Å². The molecule has 3 aliphatic heterocycles. The summed E-state index contributed by atoms with van der Waals surface area (Å²) in [5.74, 6) is -1.81. The van der Waals surface area contributed by atoms with Crippen molar-refractivity contribution in [2.75, 3.05) is 11.9 Å². The van der Waals surface area contributed by atoms with Crippen LogP contribution in [0.3, 0.4) is 0 Å². The summed E-state index contributed by atoms with van der Waals surface area (Å²) in [6, 6.07) is 14.7. The molecular formula is C25H26ClN3O3. The average Bonchev–Trinajstić information content (AvgIpc) is 3.32. The maximum atomic E-state index is 13.7. The molecule has 4 unspecified atom stereocenters. The molecule has 5 rings (SSSR count). The molecule has 0 aromatic heterocycles. The Morgan fingerprint density at radius 2 is 1.81 bits per heavy atom. The normalized spacial score (nSPS) is 28.6. The Morgan fingerprint density at radius 3 is 2.53 bits per heavy atom. The Hall–Kier alpha value is -2.70. The number of nitrogens with one attached hydrogen (secondary N) is 2. The van der Waals surface area contributed by atoms with Gasteiger partial charge >= 0.3 is 0 Å². The van der Waals surface area contributed by atoms with Crippen LogP contribution in [0.5, 0.6) is 0 Å². The average molecular weight is 452 g/mol. The van der Waals surface area contributed by atoms with Crippen LogP contribution in [0.25, 0.3) is 0 Å². The van der Waals surface area contributed by atoms with Gasteiger partial charge in [-0.25, -0.2) is 0 Å². The van der Waals surface area contributed by atoms with E-state index in [4.69, 9.17) is 11.6 Å². The van der Waals surface area contributed by atoms with Crippen molar-refractivity contribution in [2.45, 2.75) is 38.3 Å². The molecule has 3 aliphatic rings. The standard InChI is InChI=1S/C25H26ClN3O3/c1-14(2)12-19-20-21(23(31)29(22(20)30)11-10-15-6-4-3-5-7-15)25(28-19)17-13-16(26)8-9-18(17)27-24(25)32/h3-9,13-14,19-21,28H,10-12H2,1-2H3,(H,27,32). The number of likely N-dealkylation sites (tertiary alicyclic amines) is 1. The van der Waals surface area contributed by atoms with E-state index in [9.17, 15) is 14.4 Å². The molecule has 7 heteroatoms. The molecule has 32 heavy (non-hydrogen) atoms. The number of benzene rings is 2. The largest absolute Gasteiger partial charge is 0.324 e. The Kier molecular flexibility index (Phi) is 5.10. The van der Waals surface area contributed by atoms with Crippen molar-refractivity contribution < 1.29 is 14.4 Å². The predicted octanol–water partition coefficient (Wildman–Crippen LogP) is 3.35. The highest BCUT2D eigenvalue weighted by atomic mass is 35.5. The lowest BCUT2D eigenvalue weighted by molar-refractivity contribution is -0.142. The van der Waals surface area contributed by atoms with Crippen molar-refractivity contribution in [3.63, 3.8) is 0 Å². The van der Waals surface area contributed by atoms with Crippen LogP contribution in [0.2, 0.25) is 5.02 Å². The minimum atomic E-state index is -1.28. The molecule has 166 valence electrons. The van der Waals surface area contributed by atoms with Crippen LogP contribution < -0.4 is 10.6 Å². The van der Waals surface area contributed by atoms with E-state index in [-0.39, 0.29) is 23.8 Å². The third-order valence-corrected chi connectivity index (χ3v) is 7.20. The van der Waals surface area contributed by atoms with E-state index in [1.54, 1.807) is 18.2 Å². The van der Waals surface area contributed by atoms with Gasteiger partial charge in [0.05, 0.1) is 11.8 Å². The molecule has 2 fully saturated rings. The Labute approximate surface area is 192 Å². The van der Waals surface area contributed by atoms with Crippen LogP contribution in [-0.2, 0) is 26.3 Å². The van der Waals surface area contributed by atoms with Gasteiger partial charge in [-0.15, -0.1) is 0 Å². The highest BCUT2D eigenvalue weighted by molar-refractivity contribution is 6.31. The molecule has 4 atom stereocenters. The number of nitrogens with zero attached hydrogens (tertiary/aromatic N) is 1. The van der Waals surface area contributed by atoms with Crippen molar-refractivity contribution in [3.05, 3.63) is 64.7 Å². The summed E-state index contributed by atoms with van der Waals surface area (Å²) >= 11 is 6.28. The number of carbonyl (C=O) groups excluding carboxylic acids is 3. The summed E-state index contributed by atoms with van der Waals surface area (Å²) in [4.78, 5) is 42.0. The molecule has 3 heterocycles. The quantitative estimate of drug-likeness (QED) is 0.683. The molecule has 0 radical (unpaired) electrons. The summed E-state index contributed by atoms with van der Waals surface area (Å²) in [6.07, 6.45) is 1.28. The zero-order chi connectivity index (χ0) is 22.6. The number of rotatable bonds is 5. The van der Waals surface area contributed by atoms with Crippen LogP contribution in [-0.4, -0.2) is 35.2 Å². The molecule has 2 aromatic carbocycles. The molecule has 0 bridgehead atoms. The zero-order valence-corrected chi connectivity index (χ0v) is 18.9. The smallest absolute Gasteiger partial charge is 0.250 e. The second kappa shape index (κ2) is 7.71. The molecule has 1 spiro atoms. The Morgan fingerprint density at radius 1 is 1.06 bits per heavy atom. The monoisotopic (exact) mass is 451 g/mol. The number of carbonyl (C=O) groups is 3. The summed E-state index contributed by atoms with van der Waals surface area (Å²) in [6.45, 7) is 4.47. The molecule has 2 aromatic rings. The number of fused-ring (bicyclic) bond motifs is 4. The molecule has 3 amide bonds. The van der Waals surface area contributed by atoms with Gasteiger partial charge in [-0.1, -0.05) is 55.8 Å². The lowest BCUT2D eigenvalue weighted by Gasteiger charge is -2.30. The first-order valence-corrected chi connectivity index (χ1v) is 11.5. The van der Waals surface area contributed by atoms with E-state index >= 15 is 0 Å². The van der Waals surface area contributed by atoms with Crippen molar-refractivity contribution >= 4 is 35.0 Å².